The number of benzene rings is 1. The van der Waals surface area contributed by atoms with Crippen molar-refractivity contribution in [3.05, 3.63) is 35.5 Å². The van der Waals surface area contributed by atoms with Crippen LogP contribution in [0.5, 0.6) is 6.01 Å². The van der Waals surface area contributed by atoms with E-state index in [4.69, 9.17) is 4.74 Å². The van der Waals surface area contributed by atoms with Crippen LogP contribution in [0, 0.1) is 6.92 Å². The predicted molar refractivity (Wildman–Crippen MR) is 121 cm³/mol. The third-order valence-electron chi connectivity index (χ3n) is 6.67. The number of aryl methyl sites for hydroxylation is 1. The lowest BCUT2D eigenvalue weighted by atomic mass is 9.85. The van der Waals surface area contributed by atoms with Crippen molar-refractivity contribution in [2.45, 2.75) is 38.0 Å². The monoisotopic (exact) mass is 440 g/mol. The van der Waals surface area contributed by atoms with Gasteiger partial charge in [0, 0.05) is 37.0 Å². The van der Waals surface area contributed by atoms with Gasteiger partial charge in [0.2, 0.25) is 0 Å². The standard InChI is InChI=1S/C23H29FN6O2/c1-14-8-15-11-25-30(20(15)9-18(14)17-5-6-28(2)13-19(17)24)22-10-21(26-23(27-22)32-3)29-7-4-16(31)12-29/h8-11,16-17,19,31H,4-7,12-13H2,1-3H3/t16?,17-,19-/m1/s1. The van der Waals surface area contributed by atoms with E-state index in [1.807, 2.05) is 36.0 Å². The molecule has 1 N–H and O–H groups in total. The fourth-order valence-corrected chi connectivity index (χ4v) is 4.91. The summed E-state index contributed by atoms with van der Waals surface area (Å²) < 4.78 is 22.1. The van der Waals surface area contributed by atoms with Crippen molar-refractivity contribution < 1.29 is 14.2 Å². The van der Waals surface area contributed by atoms with Crippen LogP contribution in [0.25, 0.3) is 16.7 Å². The number of rotatable bonds is 4. The van der Waals surface area contributed by atoms with Crippen molar-refractivity contribution >= 4 is 16.7 Å². The Hall–Kier alpha value is -2.78. The van der Waals surface area contributed by atoms with Crippen molar-refractivity contribution in [1.29, 1.82) is 0 Å². The van der Waals surface area contributed by atoms with Crippen molar-refractivity contribution in [2.75, 3.05) is 45.2 Å². The van der Waals surface area contributed by atoms with E-state index in [1.54, 1.807) is 4.68 Å². The van der Waals surface area contributed by atoms with E-state index in [0.717, 1.165) is 41.5 Å². The Labute approximate surface area is 186 Å². The molecule has 5 rings (SSSR count). The van der Waals surface area contributed by atoms with E-state index in [9.17, 15) is 9.50 Å². The molecule has 0 bridgehead atoms. The molecule has 0 radical (unpaired) electrons. The largest absolute Gasteiger partial charge is 0.467 e. The Morgan fingerprint density at radius 3 is 2.62 bits per heavy atom. The highest BCUT2D eigenvalue weighted by Crippen LogP contribution is 2.35. The van der Waals surface area contributed by atoms with Crippen LogP contribution in [-0.2, 0) is 0 Å². The first-order valence-corrected chi connectivity index (χ1v) is 11.1. The number of fused-ring (bicyclic) bond motifs is 1. The smallest absolute Gasteiger partial charge is 0.320 e. The molecule has 1 unspecified atom stereocenters. The Bertz CT molecular complexity index is 1140. The van der Waals surface area contributed by atoms with Gasteiger partial charge in [-0.2, -0.15) is 15.1 Å². The van der Waals surface area contributed by atoms with E-state index in [-0.39, 0.29) is 18.0 Å². The van der Waals surface area contributed by atoms with Gasteiger partial charge in [0.1, 0.15) is 12.0 Å². The molecule has 0 saturated carbocycles. The lowest BCUT2D eigenvalue weighted by Crippen LogP contribution is -2.38. The molecule has 2 aliphatic heterocycles. The Kier molecular flexibility index (Phi) is 5.46. The van der Waals surface area contributed by atoms with Gasteiger partial charge in [-0.05, 0) is 56.6 Å². The van der Waals surface area contributed by atoms with Crippen molar-refractivity contribution in [1.82, 2.24) is 24.6 Å². The summed E-state index contributed by atoms with van der Waals surface area (Å²) in [4.78, 5) is 13.1. The number of halogens is 1. The van der Waals surface area contributed by atoms with Crippen molar-refractivity contribution in [3.8, 4) is 11.8 Å². The summed E-state index contributed by atoms with van der Waals surface area (Å²) in [5.74, 6) is 1.15. The summed E-state index contributed by atoms with van der Waals surface area (Å²) in [6, 6.07) is 6.25. The molecule has 32 heavy (non-hydrogen) atoms. The maximum absolute atomic E-state index is 14.9. The zero-order chi connectivity index (χ0) is 22.4. The van der Waals surface area contributed by atoms with E-state index in [1.165, 1.54) is 7.11 Å². The summed E-state index contributed by atoms with van der Waals surface area (Å²) in [6.07, 6.45) is 2.05. The number of β-amino-alcohol motifs (C(OH)–C–C–N with tert-alkyl or cyclic N) is 1. The Morgan fingerprint density at radius 2 is 1.91 bits per heavy atom. The number of likely N-dealkylation sites (tertiary alicyclic amines) is 1. The molecular formula is C23H29FN6O2. The maximum atomic E-state index is 14.9. The third-order valence-corrected chi connectivity index (χ3v) is 6.67. The minimum Gasteiger partial charge on any atom is -0.467 e. The second-order valence-electron chi connectivity index (χ2n) is 8.96. The molecule has 2 saturated heterocycles. The van der Waals surface area contributed by atoms with Gasteiger partial charge in [-0.15, -0.1) is 0 Å². The van der Waals surface area contributed by atoms with Gasteiger partial charge in [0.05, 0.1) is 24.9 Å². The number of nitrogens with zero attached hydrogens (tertiary/aromatic N) is 6. The van der Waals surface area contributed by atoms with Gasteiger partial charge < -0.3 is 19.6 Å². The predicted octanol–water partition coefficient (Wildman–Crippen LogP) is 2.46. The third kappa shape index (κ3) is 3.80. The average Bonchev–Trinajstić information content (AvgIpc) is 3.39. The molecule has 1 aromatic carbocycles. The lowest BCUT2D eigenvalue weighted by molar-refractivity contribution is 0.139. The summed E-state index contributed by atoms with van der Waals surface area (Å²) in [7, 11) is 3.50. The number of hydrogen-bond acceptors (Lipinski definition) is 7. The minimum atomic E-state index is -0.895. The molecule has 4 heterocycles. The highest BCUT2D eigenvalue weighted by molar-refractivity contribution is 5.82. The summed E-state index contributed by atoms with van der Waals surface area (Å²) in [5.41, 5.74) is 3.00. The number of aliphatic hydroxyl groups is 1. The molecule has 2 fully saturated rings. The second-order valence-corrected chi connectivity index (χ2v) is 8.96. The highest BCUT2D eigenvalue weighted by Gasteiger charge is 2.30. The number of methoxy groups -OCH3 is 1. The first kappa shape index (κ1) is 21.1. The normalized spacial score (nSPS) is 24.4. The van der Waals surface area contributed by atoms with Crippen LogP contribution in [-0.4, -0.2) is 82.4 Å². The van der Waals surface area contributed by atoms with E-state index < -0.39 is 6.17 Å². The molecule has 8 nitrogen and oxygen atoms in total. The summed E-state index contributed by atoms with van der Waals surface area (Å²) in [6.45, 7) is 4.63. The van der Waals surface area contributed by atoms with Crippen LogP contribution in [0.1, 0.15) is 29.9 Å². The van der Waals surface area contributed by atoms with E-state index in [2.05, 4.69) is 27.2 Å². The zero-order valence-corrected chi connectivity index (χ0v) is 18.7. The first-order valence-electron chi connectivity index (χ1n) is 11.1. The fraction of sp³-hybridized carbons (Fsp3) is 0.522. The topological polar surface area (TPSA) is 79.5 Å². The zero-order valence-electron chi connectivity index (χ0n) is 18.7. The van der Waals surface area contributed by atoms with Gasteiger partial charge in [-0.3, -0.25) is 0 Å². The molecule has 0 spiro atoms. The number of piperidine rings is 1. The highest BCUT2D eigenvalue weighted by atomic mass is 19.1. The van der Waals surface area contributed by atoms with Crippen LogP contribution in [0.3, 0.4) is 0 Å². The average molecular weight is 441 g/mol. The Balaban J connectivity index is 1.57. The van der Waals surface area contributed by atoms with Crippen LogP contribution < -0.4 is 9.64 Å². The molecule has 0 amide bonds. The van der Waals surface area contributed by atoms with Gasteiger partial charge >= 0.3 is 6.01 Å². The lowest BCUT2D eigenvalue weighted by Gasteiger charge is -2.33. The van der Waals surface area contributed by atoms with E-state index >= 15 is 0 Å². The molecule has 3 atom stereocenters. The summed E-state index contributed by atoms with van der Waals surface area (Å²) in [5, 5.41) is 15.5. The number of aliphatic hydroxyl groups excluding tert-OH is 1. The number of ether oxygens (including phenoxy) is 1. The fourth-order valence-electron chi connectivity index (χ4n) is 4.91. The first-order chi connectivity index (χ1) is 15.4. The quantitative estimate of drug-likeness (QED) is 0.668. The SMILES string of the molecule is COc1nc(N2CCC(O)C2)cc(-n2ncc3cc(C)c([C@H]4CCN(C)C[C@H]4F)cc32)n1. The number of alkyl halides is 1. The summed E-state index contributed by atoms with van der Waals surface area (Å²) >= 11 is 0. The van der Waals surface area contributed by atoms with Gasteiger partial charge in [-0.25, -0.2) is 9.07 Å². The number of hydrogen-bond donors (Lipinski definition) is 1. The minimum absolute atomic E-state index is 0.125. The van der Waals surface area contributed by atoms with Gasteiger partial charge in [-0.1, -0.05) is 0 Å². The van der Waals surface area contributed by atoms with Crippen LogP contribution in [0.2, 0.25) is 0 Å². The van der Waals surface area contributed by atoms with Crippen molar-refractivity contribution in [3.63, 3.8) is 0 Å². The van der Waals surface area contributed by atoms with Crippen LogP contribution in [0.15, 0.2) is 24.4 Å². The molecule has 9 heteroatoms. The Morgan fingerprint density at radius 1 is 1.09 bits per heavy atom. The van der Waals surface area contributed by atoms with Gasteiger partial charge in [0.15, 0.2) is 5.82 Å². The molecule has 170 valence electrons. The molecule has 0 aliphatic carbocycles. The maximum Gasteiger partial charge on any atom is 0.320 e. The number of aromatic nitrogens is 4. The van der Waals surface area contributed by atoms with Crippen molar-refractivity contribution in [2.24, 2.45) is 0 Å². The molecule has 2 aromatic heterocycles. The number of anilines is 1. The molecular weight excluding hydrogens is 411 g/mol. The molecule has 2 aliphatic rings. The van der Waals surface area contributed by atoms with Crippen LogP contribution in [0.4, 0.5) is 10.2 Å². The second kappa shape index (κ2) is 8.29. The molecule has 3 aromatic rings. The van der Waals surface area contributed by atoms with E-state index in [0.29, 0.717) is 31.1 Å². The van der Waals surface area contributed by atoms with Crippen LogP contribution >= 0.6 is 0 Å². The van der Waals surface area contributed by atoms with Gasteiger partial charge in [0.25, 0.3) is 0 Å².